The van der Waals surface area contributed by atoms with Crippen LogP contribution in [0.4, 0.5) is 4.39 Å². The quantitative estimate of drug-likeness (QED) is 0.797. The largest absolute Gasteiger partial charge is 0.348 e. The lowest BCUT2D eigenvalue weighted by Gasteiger charge is -2.35. The van der Waals surface area contributed by atoms with Crippen LogP contribution in [0, 0.1) is 12.7 Å². The maximum atomic E-state index is 13.6. The van der Waals surface area contributed by atoms with Crippen molar-refractivity contribution in [1.82, 2.24) is 9.80 Å². The highest BCUT2D eigenvalue weighted by atomic mass is 32.2. The molecule has 1 aromatic rings. The van der Waals surface area contributed by atoms with Crippen molar-refractivity contribution in [3.05, 3.63) is 35.1 Å². The highest BCUT2D eigenvalue weighted by molar-refractivity contribution is 8.14. The van der Waals surface area contributed by atoms with Crippen LogP contribution in [0.15, 0.2) is 23.2 Å². The lowest BCUT2D eigenvalue weighted by molar-refractivity contribution is 0.0693. The van der Waals surface area contributed by atoms with E-state index in [1.54, 1.807) is 35.7 Å². The highest BCUT2D eigenvalue weighted by Gasteiger charge is 2.27. The number of halogens is 1. The van der Waals surface area contributed by atoms with Gasteiger partial charge in [0, 0.05) is 37.0 Å². The van der Waals surface area contributed by atoms with Crippen LogP contribution in [0.25, 0.3) is 0 Å². The summed E-state index contributed by atoms with van der Waals surface area (Å²) in [5, 5.41) is 1.64. The molecular formula is C16H20FN3OS. The normalized spacial score (nSPS) is 22.0. The van der Waals surface area contributed by atoms with Gasteiger partial charge in [0.15, 0.2) is 5.17 Å². The predicted octanol–water partition coefficient (Wildman–Crippen LogP) is 2.38. The summed E-state index contributed by atoms with van der Waals surface area (Å²) in [5.41, 5.74) is 0.990. The molecule has 3 rings (SSSR count). The molecule has 0 N–H and O–H groups in total. The number of amides is 1. The van der Waals surface area contributed by atoms with E-state index < -0.39 is 0 Å². The summed E-state index contributed by atoms with van der Waals surface area (Å²) in [4.78, 5) is 21.0. The molecule has 1 atom stereocenters. The second-order valence-electron chi connectivity index (χ2n) is 5.79. The monoisotopic (exact) mass is 321 g/mol. The van der Waals surface area contributed by atoms with Crippen molar-refractivity contribution in [1.29, 1.82) is 0 Å². The van der Waals surface area contributed by atoms with E-state index in [2.05, 4.69) is 16.8 Å². The number of hydrogen-bond acceptors (Lipinski definition) is 4. The van der Waals surface area contributed by atoms with Crippen molar-refractivity contribution in [3.8, 4) is 0 Å². The molecule has 6 heteroatoms. The minimum absolute atomic E-state index is 0.0899. The van der Waals surface area contributed by atoms with Crippen molar-refractivity contribution < 1.29 is 9.18 Å². The van der Waals surface area contributed by atoms with Crippen molar-refractivity contribution in [2.24, 2.45) is 4.99 Å². The number of thioether (sulfide) groups is 1. The predicted molar refractivity (Wildman–Crippen MR) is 88.0 cm³/mol. The molecule has 22 heavy (non-hydrogen) atoms. The van der Waals surface area contributed by atoms with Crippen molar-refractivity contribution in [2.75, 3.05) is 32.7 Å². The smallest absolute Gasteiger partial charge is 0.254 e. The van der Waals surface area contributed by atoms with Gasteiger partial charge in [0.05, 0.1) is 6.54 Å². The van der Waals surface area contributed by atoms with Gasteiger partial charge in [-0.25, -0.2) is 4.39 Å². The molecule has 1 saturated heterocycles. The number of rotatable bonds is 1. The van der Waals surface area contributed by atoms with Gasteiger partial charge in [0.25, 0.3) is 5.91 Å². The number of hydrogen-bond donors (Lipinski definition) is 0. The zero-order valence-corrected chi connectivity index (χ0v) is 13.7. The van der Waals surface area contributed by atoms with E-state index in [1.807, 2.05) is 0 Å². The van der Waals surface area contributed by atoms with Gasteiger partial charge in [-0.3, -0.25) is 9.79 Å². The Balaban J connectivity index is 1.61. The molecule has 2 heterocycles. The van der Waals surface area contributed by atoms with E-state index >= 15 is 0 Å². The lowest BCUT2D eigenvalue weighted by Crippen LogP contribution is -2.49. The van der Waals surface area contributed by atoms with Crippen LogP contribution < -0.4 is 0 Å². The number of carbonyl (C=O) groups excluding carboxylic acids is 1. The van der Waals surface area contributed by atoms with Gasteiger partial charge >= 0.3 is 0 Å². The first-order chi connectivity index (χ1) is 10.5. The number of piperazine rings is 1. The summed E-state index contributed by atoms with van der Waals surface area (Å²) in [6, 6.07) is 4.69. The third-order valence-electron chi connectivity index (χ3n) is 4.05. The molecule has 0 bridgehead atoms. The van der Waals surface area contributed by atoms with E-state index in [9.17, 15) is 9.18 Å². The Hall–Kier alpha value is -1.56. The highest BCUT2D eigenvalue weighted by Crippen LogP contribution is 2.24. The fourth-order valence-electron chi connectivity index (χ4n) is 2.64. The minimum atomic E-state index is -0.324. The molecule has 2 aliphatic rings. The van der Waals surface area contributed by atoms with Crippen LogP contribution in [-0.2, 0) is 0 Å². The average Bonchev–Trinajstić information content (AvgIpc) is 2.96. The van der Waals surface area contributed by atoms with E-state index in [0.29, 0.717) is 29.5 Å². The Morgan fingerprint density at radius 1 is 1.32 bits per heavy atom. The first kappa shape index (κ1) is 15.3. The molecule has 0 aromatic heterocycles. The topological polar surface area (TPSA) is 35.9 Å². The van der Waals surface area contributed by atoms with Crippen LogP contribution in [0.1, 0.15) is 22.8 Å². The third-order valence-corrected chi connectivity index (χ3v) is 5.20. The van der Waals surface area contributed by atoms with E-state index in [4.69, 9.17) is 0 Å². The van der Waals surface area contributed by atoms with Gasteiger partial charge in [-0.15, -0.1) is 0 Å². The van der Waals surface area contributed by atoms with Crippen LogP contribution in [0.5, 0.6) is 0 Å². The molecule has 118 valence electrons. The number of aliphatic imine (C=N–C) groups is 1. The summed E-state index contributed by atoms with van der Waals surface area (Å²) in [7, 11) is 0. The standard InChI is InChI=1S/C16H20FN3OS/c1-11-3-4-13(9-14(11)17)15(21)19-5-7-20(8-6-19)16-18-10-12(2)22-16/h3-4,9,12H,5-8,10H2,1-2H3/t12-/m1/s1. The van der Waals surface area contributed by atoms with E-state index in [0.717, 1.165) is 24.8 Å². The van der Waals surface area contributed by atoms with Crippen LogP contribution in [0.3, 0.4) is 0 Å². The molecule has 1 fully saturated rings. The summed E-state index contributed by atoms with van der Waals surface area (Å²) in [5.74, 6) is -0.414. The van der Waals surface area contributed by atoms with Crippen LogP contribution in [-0.4, -0.2) is 58.8 Å². The minimum Gasteiger partial charge on any atom is -0.348 e. The molecule has 0 aliphatic carbocycles. The third kappa shape index (κ3) is 3.11. The molecule has 0 saturated carbocycles. The summed E-state index contributed by atoms with van der Waals surface area (Å²) in [6.07, 6.45) is 0. The average molecular weight is 321 g/mol. The van der Waals surface area contributed by atoms with Gasteiger partial charge < -0.3 is 9.80 Å². The molecule has 0 unspecified atom stereocenters. The molecule has 1 aromatic carbocycles. The fourth-order valence-corrected chi connectivity index (χ4v) is 3.63. The van der Waals surface area contributed by atoms with E-state index in [-0.39, 0.29) is 11.7 Å². The summed E-state index contributed by atoms with van der Waals surface area (Å²) in [6.45, 7) is 7.64. The molecule has 2 aliphatic heterocycles. The number of benzene rings is 1. The number of aryl methyl sites for hydroxylation is 1. The molecule has 0 radical (unpaired) electrons. The van der Waals surface area contributed by atoms with Gasteiger partial charge in [0.1, 0.15) is 5.82 Å². The lowest BCUT2D eigenvalue weighted by atomic mass is 10.1. The Morgan fingerprint density at radius 2 is 2.05 bits per heavy atom. The Labute approximate surface area is 134 Å². The number of carbonyl (C=O) groups is 1. The SMILES string of the molecule is Cc1ccc(C(=O)N2CCN(C3=NC[C@@H](C)S3)CC2)cc1F. The molecule has 1 amide bonds. The Morgan fingerprint density at radius 3 is 2.64 bits per heavy atom. The first-order valence-electron chi connectivity index (χ1n) is 7.56. The van der Waals surface area contributed by atoms with Crippen molar-refractivity contribution in [3.63, 3.8) is 0 Å². The summed E-state index contributed by atoms with van der Waals surface area (Å²) >= 11 is 1.80. The van der Waals surface area contributed by atoms with Gasteiger partial charge in [-0.2, -0.15) is 0 Å². The van der Waals surface area contributed by atoms with Gasteiger partial charge in [-0.1, -0.05) is 24.8 Å². The maximum absolute atomic E-state index is 13.6. The van der Waals surface area contributed by atoms with Crippen molar-refractivity contribution >= 4 is 22.8 Å². The second kappa shape index (κ2) is 6.28. The zero-order chi connectivity index (χ0) is 15.7. The van der Waals surface area contributed by atoms with Crippen molar-refractivity contribution in [2.45, 2.75) is 19.1 Å². The number of amidine groups is 1. The number of nitrogens with zero attached hydrogens (tertiary/aromatic N) is 3. The molecular weight excluding hydrogens is 301 g/mol. The van der Waals surface area contributed by atoms with Gasteiger partial charge in [-0.05, 0) is 24.6 Å². The fraction of sp³-hybridized carbons (Fsp3) is 0.500. The van der Waals surface area contributed by atoms with Gasteiger partial charge in [0.2, 0.25) is 0 Å². The molecule has 0 spiro atoms. The van der Waals surface area contributed by atoms with E-state index in [1.165, 1.54) is 6.07 Å². The molecule has 4 nitrogen and oxygen atoms in total. The summed E-state index contributed by atoms with van der Waals surface area (Å²) < 4.78 is 13.6. The Kier molecular flexibility index (Phi) is 4.38. The van der Waals surface area contributed by atoms with Crippen LogP contribution >= 0.6 is 11.8 Å². The maximum Gasteiger partial charge on any atom is 0.254 e. The zero-order valence-electron chi connectivity index (χ0n) is 12.9. The second-order valence-corrected chi connectivity index (χ2v) is 7.20. The first-order valence-corrected chi connectivity index (χ1v) is 8.44. The van der Waals surface area contributed by atoms with Crippen LogP contribution in [0.2, 0.25) is 0 Å². The Bertz CT molecular complexity index is 611.